The first-order valence-electron chi connectivity index (χ1n) is 7.04. The van der Waals surface area contributed by atoms with Gasteiger partial charge in [0.2, 0.25) is 0 Å². The predicted octanol–water partition coefficient (Wildman–Crippen LogP) is 4.26. The average Bonchev–Trinajstić information content (AvgIpc) is 2.52. The molecule has 3 rings (SSSR count). The molecule has 1 heterocycles. The van der Waals surface area contributed by atoms with Crippen LogP contribution in [0.4, 0.5) is 10.2 Å². The van der Waals surface area contributed by atoms with Crippen LogP contribution in [0.5, 0.6) is 0 Å². The number of nitrogens with zero attached hydrogens (tertiary/aromatic N) is 2. The van der Waals surface area contributed by atoms with Crippen molar-refractivity contribution in [2.45, 2.75) is 13.3 Å². The summed E-state index contributed by atoms with van der Waals surface area (Å²) >= 11 is 0. The second kappa shape index (κ2) is 5.87. The molecule has 0 aliphatic heterocycles. The van der Waals surface area contributed by atoms with E-state index in [2.05, 4.69) is 22.2 Å². The van der Waals surface area contributed by atoms with Crippen LogP contribution in [0.25, 0.3) is 22.3 Å². The lowest BCUT2D eigenvalue weighted by Crippen LogP contribution is -2.04. The molecule has 0 radical (unpaired) electrons. The second-order valence-electron chi connectivity index (χ2n) is 4.85. The van der Waals surface area contributed by atoms with Crippen molar-refractivity contribution in [1.82, 2.24) is 9.97 Å². The average molecular weight is 281 g/mol. The Labute approximate surface area is 122 Å². The zero-order valence-corrected chi connectivity index (χ0v) is 11.8. The maximum Gasteiger partial charge on any atom is 0.162 e. The molecule has 0 amide bonds. The second-order valence-corrected chi connectivity index (χ2v) is 4.85. The zero-order valence-electron chi connectivity index (χ0n) is 11.8. The van der Waals surface area contributed by atoms with Crippen LogP contribution in [0, 0.1) is 5.82 Å². The van der Waals surface area contributed by atoms with Crippen molar-refractivity contribution in [2.24, 2.45) is 0 Å². The third-order valence-electron chi connectivity index (χ3n) is 3.23. The minimum Gasteiger partial charge on any atom is -0.369 e. The third-order valence-corrected chi connectivity index (χ3v) is 3.23. The molecule has 0 unspecified atom stereocenters. The number of anilines is 1. The van der Waals surface area contributed by atoms with Crippen LogP contribution < -0.4 is 5.32 Å². The highest BCUT2D eigenvalue weighted by Gasteiger charge is 2.09. The number of para-hydroxylation sites is 1. The van der Waals surface area contributed by atoms with E-state index in [4.69, 9.17) is 0 Å². The smallest absolute Gasteiger partial charge is 0.162 e. The summed E-state index contributed by atoms with van der Waals surface area (Å²) in [5, 5.41) is 4.30. The van der Waals surface area contributed by atoms with Gasteiger partial charge in [0, 0.05) is 17.5 Å². The number of benzene rings is 2. The fourth-order valence-electron chi connectivity index (χ4n) is 2.21. The van der Waals surface area contributed by atoms with Crippen molar-refractivity contribution >= 4 is 16.7 Å². The molecule has 3 nitrogen and oxygen atoms in total. The van der Waals surface area contributed by atoms with Crippen LogP contribution in [-0.2, 0) is 0 Å². The van der Waals surface area contributed by atoms with Crippen molar-refractivity contribution in [3.63, 3.8) is 0 Å². The highest BCUT2D eigenvalue weighted by Crippen LogP contribution is 2.25. The van der Waals surface area contributed by atoms with Gasteiger partial charge in [-0.1, -0.05) is 31.2 Å². The van der Waals surface area contributed by atoms with Gasteiger partial charge in [0.05, 0.1) is 5.52 Å². The predicted molar refractivity (Wildman–Crippen MR) is 83.7 cm³/mol. The first kappa shape index (κ1) is 13.5. The largest absolute Gasteiger partial charge is 0.369 e. The van der Waals surface area contributed by atoms with Crippen molar-refractivity contribution in [3.05, 3.63) is 54.3 Å². The molecule has 0 spiro atoms. The van der Waals surface area contributed by atoms with E-state index in [9.17, 15) is 4.39 Å². The van der Waals surface area contributed by atoms with Crippen LogP contribution >= 0.6 is 0 Å². The molecule has 3 aromatic rings. The molecule has 4 heteroatoms. The van der Waals surface area contributed by atoms with Crippen LogP contribution in [0.15, 0.2) is 48.5 Å². The summed E-state index contributed by atoms with van der Waals surface area (Å²) in [6.45, 7) is 2.94. The van der Waals surface area contributed by atoms with Crippen LogP contribution in [-0.4, -0.2) is 16.5 Å². The van der Waals surface area contributed by atoms with Gasteiger partial charge in [-0.3, -0.25) is 0 Å². The molecule has 2 aromatic carbocycles. The molecule has 0 aliphatic rings. The van der Waals surface area contributed by atoms with Crippen molar-refractivity contribution in [3.8, 4) is 11.4 Å². The molecule has 106 valence electrons. The van der Waals surface area contributed by atoms with Gasteiger partial charge in [-0.25, -0.2) is 14.4 Å². The highest BCUT2D eigenvalue weighted by atomic mass is 19.1. The number of hydrogen-bond donors (Lipinski definition) is 1. The van der Waals surface area contributed by atoms with E-state index in [1.165, 1.54) is 12.1 Å². The maximum absolute atomic E-state index is 13.4. The summed E-state index contributed by atoms with van der Waals surface area (Å²) in [5.41, 5.74) is 1.53. The molecular formula is C17H16FN3. The first-order valence-corrected chi connectivity index (χ1v) is 7.04. The summed E-state index contributed by atoms with van der Waals surface area (Å²) in [6, 6.07) is 14.2. The Morgan fingerprint density at radius 1 is 1.05 bits per heavy atom. The lowest BCUT2D eigenvalue weighted by atomic mass is 10.1. The van der Waals surface area contributed by atoms with Crippen molar-refractivity contribution < 1.29 is 4.39 Å². The van der Waals surface area contributed by atoms with E-state index in [0.29, 0.717) is 11.4 Å². The highest BCUT2D eigenvalue weighted by molar-refractivity contribution is 5.90. The number of aromatic nitrogens is 2. The summed E-state index contributed by atoms with van der Waals surface area (Å²) in [4.78, 5) is 9.10. The minimum absolute atomic E-state index is 0.285. The Morgan fingerprint density at radius 2 is 1.90 bits per heavy atom. The molecular weight excluding hydrogens is 265 g/mol. The number of hydrogen-bond acceptors (Lipinski definition) is 3. The molecule has 21 heavy (non-hydrogen) atoms. The lowest BCUT2D eigenvalue weighted by molar-refractivity contribution is 0.628. The summed E-state index contributed by atoms with van der Waals surface area (Å²) in [6.07, 6.45) is 1.01. The summed E-state index contributed by atoms with van der Waals surface area (Å²) in [7, 11) is 0. The molecule has 0 atom stereocenters. The normalized spacial score (nSPS) is 10.8. The van der Waals surface area contributed by atoms with Gasteiger partial charge in [0.25, 0.3) is 0 Å². The number of fused-ring (bicyclic) bond motifs is 1. The number of nitrogens with one attached hydrogen (secondary N) is 1. The Kier molecular flexibility index (Phi) is 3.77. The Hall–Kier alpha value is -2.49. The quantitative estimate of drug-likeness (QED) is 0.776. The fraction of sp³-hybridized carbons (Fsp3) is 0.176. The van der Waals surface area contributed by atoms with Gasteiger partial charge in [-0.05, 0) is 30.7 Å². The minimum atomic E-state index is -0.285. The SMILES string of the molecule is CCCNc1nc(-c2cccc(F)c2)nc2ccccc12. The lowest BCUT2D eigenvalue weighted by Gasteiger charge is -2.10. The fourth-order valence-corrected chi connectivity index (χ4v) is 2.21. The summed E-state index contributed by atoms with van der Waals surface area (Å²) < 4.78 is 13.4. The van der Waals surface area contributed by atoms with Gasteiger partial charge in [-0.2, -0.15) is 0 Å². The van der Waals surface area contributed by atoms with E-state index in [-0.39, 0.29) is 5.82 Å². The number of rotatable bonds is 4. The third kappa shape index (κ3) is 2.84. The standard InChI is InChI=1S/C17H16FN3/c1-2-10-19-17-14-8-3-4-9-15(14)20-16(21-17)12-6-5-7-13(18)11-12/h3-9,11H,2,10H2,1H3,(H,19,20,21). The molecule has 1 N–H and O–H groups in total. The molecule has 0 fully saturated rings. The maximum atomic E-state index is 13.4. The van der Waals surface area contributed by atoms with Gasteiger partial charge >= 0.3 is 0 Å². The van der Waals surface area contributed by atoms with E-state index < -0.39 is 0 Å². The van der Waals surface area contributed by atoms with Gasteiger partial charge in [-0.15, -0.1) is 0 Å². The molecule has 1 aromatic heterocycles. The van der Waals surface area contributed by atoms with Gasteiger partial charge in [0.1, 0.15) is 11.6 Å². The van der Waals surface area contributed by atoms with Gasteiger partial charge in [0.15, 0.2) is 5.82 Å². The monoisotopic (exact) mass is 281 g/mol. The van der Waals surface area contributed by atoms with E-state index in [0.717, 1.165) is 29.7 Å². The topological polar surface area (TPSA) is 37.8 Å². The van der Waals surface area contributed by atoms with E-state index in [1.54, 1.807) is 6.07 Å². The van der Waals surface area contributed by atoms with E-state index >= 15 is 0 Å². The van der Waals surface area contributed by atoms with Crippen LogP contribution in [0.3, 0.4) is 0 Å². The molecule has 0 saturated heterocycles. The molecule has 0 aliphatic carbocycles. The van der Waals surface area contributed by atoms with Crippen molar-refractivity contribution in [1.29, 1.82) is 0 Å². The van der Waals surface area contributed by atoms with Crippen LogP contribution in [0.1, 0.15) is 13.3 Å². The zero-order chi connectivity index (χ0) is 14.7. The molecule has 0 saturated carbocycles. The number of halogens is 1. The molecule has 0 bridgehead atoms. The van der Waals surface area contributed by atoms with Crippen molar-refractivity contribution in [2.75, 3.05) is 11.9 Å². The van der Waals surface area contributed by atoms with E-state index in [1.807, 2.05) is 30.3 Å². The summed E-state index contributed by atoms with van der Waals surface area (Å²) in [5.74, 6) is 1.04. The first-order chi connectivity index (χ1) is 10.3. The Morgan fingerprint density at radius 3 is 2.71 bits per heavy atom. The van der Waals surface area contributed by atoms with Gasteiger partial charge < -0.3 is 5.32 Å². The van der Waals surface area contributed by atoms with Crippen LogP contribution in [0.2, 0.25) is 0 Å². The Balaban J connectivity index is 2.15. The Bertz CT molecular complexity index is 771.